The molecule has 0 bridgehead atoms. The molecule has 7 heteroatoms. The second-order valence-electron chi connectivity index (χ2n) is 4.02. The summed E-state index contributed by atoms with van der Waals surface area (Å²) < 4.78 is 10.8. The standard InChI is InChI=1S/C14H14N2O4.ClH/c15-11-3-1-5-13(9-11)19-7-8-20-14-6-2-4-12(10-14)16(17)18;/h1-6,9-10H,7-8,15H2;1H. The van der Waals surface area contributed by atoms with E-state index in [1.807, 2.05) is 0 Å². The minimum Gasteiger partial charge on any atom is -0.490 e. The van der Waals surface area contributed by atoms with Crippen molar-refractivity contribution in [2.45, 2.75) is 0 Å². The second kappa shape index (κ2) is 7.96. The Morgan fingerprint density at radius 1 is 1.00 bits per heavy atom. The van der Waals surface area contributed by atoms with E-state index in [4.69, 9.17) is 15.2 Å². The number of nitro groups is 1. The molecule has 112 valence electrons. The normalized spacial score (nSPS) is 9.52. The highest BCUT2D eigenvalue weighted by atomic mass is 35.5. The number of rotatable bonds is 6. The van der Waals surface area contributed by atoms with E-state index in [0.717, 1.165) is 0 Å². The Bertz CT molecular complexity index is 607. The molecule has 0 aromatic heterocycles. The lowest BCUT2D eigenvalue weighted by molar-refractivity contribution is -0.384. The van der Waals surface area contributed by atoms with Crippen LogP contribution in [-0.4, -0.2) is 18.1 Å². The number of halogens is 1. The molecule has 0 amide bonds. The van der Waals surface area contributed by atoms with Gasteiger partial charge in [-0.2, -0.15) is 0 Å². The van der Waals surface area contributed by atoms with Crippen molar-refractivity contribution < 1.29 is 14.4 Å². The van der Waals surface area contributed by atoms with Crippen LogP contribution in [0.25, 0.3) is 0 Å². The molecule has 0 atom stereocenters. The molecule has 2 aromatic carbocycles. The first-order chi connectivity index (χ1) is 9.65. The van der Waals surface area contributed by atoms with Crippen LogP contribution in [0.2, 0.25) is 0 Å². The van der Waals surface area contributed by atoms with Crippen molar-refractivity contribution in [1.29, 1.82) is 0 Å². The molecule has 0 radical (unpaired) electrons. The molecule has 2 aromatic rings. The zero-order valence-electron chi connectivity index (χ0n) is 11.1. The van der Waals surface area contributed by atoms with Gasteiger partial charge >= 0.3 is 0 Å². The largest absolute Gasteiger partial charge is 0.490 e. The molecule has 0 saturated heterocycles. The first-order valence-electron chi connectivity index (χ1n) is 6.01. The van der Waals surface area contributed by atoms with E-state index in [9.17, 15) is 10.1 Å². The van der Waals surface area contributed by atoms with Crippen molar-refractivity contribution in [2.75, 3.05) is 18.9 Å². The van der Waals surface area contributed by atoms with E-state index >= 15 is 0 Å². The second-order valence-corrected chi connectivity index (χ2v) is 4.02. The number of ether oxygens (including phenoxy) is 2. The number of nitrogen functional groups attached to an aromatic ring is 1. The smallest absolute Gasteiger partial charge is 0.273 e. The van der Waals surface area contributed by atoms with Gasteiger partial charge in [-0.25, -0.2) is 0 Å². The maximum absolute atomic E-state index is 10.6. The minimum atomic E-state index is -0.462. The van der Waals surface area contributed by atoms with Gasteiger partial charge in [-0.3, -0.25) is 10.1 Å². The number of nitrogens with zero attached hydrogens (tertiary/aromatic N) is 1. The minimum absolute atomic E-state index is 0. The Morgan fingerprint density at radius 3 is 2.14 bits per heavy atom. The SMILES string of the molecule is Cl.Nc1cccc(OCCOc2cccc([N+](=O)[O-])c2)c1. The molecular formula is C14H15ClN2O4. The zero-order chi connectivity index (χ0) is 14.4. The fraction of sp³-hybridized carbons (Fsp3) is 0.143. The summed E-state index contributed by atoms with van der Waals surface area (Å²) >= 11 is 0. The van der Waals surface area contributed by atoms with E-state index in [1.165, 1.54) is 12.1 Å². The average Bonchev–Trinajstić information content (AvgIpc) is 2.44. The van der Waals surface area contributed by atoms with Crippen LogP contribution in [0.15, 0.2) is 48.5 Å². The van der Waals surface area contributed by atoms with Crippen molar-refractivity contribution in [3.8, 4) is 11.5 Å². The third-order valence-electron chi connectivity index (χ3n) is 2.51. The number of nitrogens with two attached hydrogens (primary N) is 1. The van der Waals surface area contributed by atoms with Crippen molar-refractivity contribution in [2.24, 2.45) is 0 Å². The van der Waals surface area contributed by atoms with Crippen molar-refractivity contribution in [3.05, 3.63) is 58.6 Å². The number of hydrogen-bond acceptors (Lipinski definition) is 5. The van der Waals surface area contributed by atoms with Gasteiger partial charge in [0.2, 0.25) is 0 Å². The summed E-state index contributed by atoms with van der Waals surface area (Å²) in [6.07, 6.45) is 0. The molecule has 0 spiro atoms. The summed E-state index contributed by atoms with van der Waals surface area (Å²) in [6, 6.07) is 13.1. The lowest BCUT2D eigenvalue weighted by atomic mass is 10.3. The number of non-ortho nitro benzene ring substituents is 1. The number of hydrogen-bond donors (Lipinski definition) is 1. The fourth-order valence-electron chi connectivity index (χ4n) is 1.61. The zero-order valence-corrected chi connectivity index (χ0v) is 11.9. The van der Waals surface area contributed by atoms with Crippen LogP contribution in [-0.2, 0) is 0 Å². The fourth-order valence-corrected chi connectivity index (χ4v) is 1.61. The summed E-state index contributed by atoms with van der Waals surface area (Å²) in [5, 5.41) is 10.6. The topological polar surface area (TPSA) is 87.6 Å². The lowest BCUT2D eigenvalue weighted by Gasteiger charge is -2.08. The summed E-state index contributed by atoms with van der Waals surface area (Å²) in [4.78, 5) is 10.2. The van der Waals surface area contributed by atoms with Crippen LogP contribution < -0.4 is 15.2 Å². The maximum atomic E-state index is 10.6. The Kier molecular flexibility index (Phi) is 6.29. The highest BCUT2D eigenvalue weighted by molar-refractivity contribution is 5.85. The van der Waals surface area contributed by atoms with Gasteiger partial charge < -0.3 is 15.2 Å². The third kappa shape index (κ3) is 5.19. The number of benzene rings is 2. The van der Waals surface area contributed by atoms with Crippen molar-refractivity contribution in [3.63, 3.8) is 0 Å². The molecule has 0 saturated carbocycles. The van der Waals surface area contributed by atoms with Crippen molar-refractivity contribution >= 4 is 23.8 Å². The van der Waals surface area contributed by atoms with E-state index in [0.29, 0.717) is 23.8 Å². The van der Waals surface area contributed by atoms with E-state index in [1.54, 1.807) is 36.4 Å². The van der Waals surface area contributed by atoms with E-state index in [-0.39, 0.29) is 24.7 Å². The van der Waals surface area contributed by atoms with Gasteiger partial charge in [-0.05, 0) is 18.2 Å². The Hall–Kier alpha value is -2.47. The maximum Gasteiger partial charge on any atom is 0.273 e. The molecule has 0 aliphatic carbocycles. The Morgan fingerprint density at radius 2 is 1.57 bits per heavy atom. The van der Waals surface area contributed by atoms with Crippen LogP contribution in [0.4, 0.5) is 11.4 Å². The number of nitro benzene ring substituents is 1. The van der Waals surface area contributed by atoms with Crippen LogP contribution in [0, 0.1) is 10.1 Å². The lowest BCUT2D eigenvalue weighted by Crippen LogP contribution is -2.09. The summed E-state index contributed by atoms with van der Waals surface area (Å²) in [6.45, 7) is 0.613. The van der Waals surface area contributed by atoms with Crippen LogP contribution in [0.1, 0.15) is 0 Å². The molecule has 2 N–H and O–H groups in total. The predicted octanol–water partition coefficient (Wildman–Crippen LogP) is 3.06. The molecule has 0 aliphatic rings. The molecule has 0 heterocycles. The summed E-state index contributed by atoms with van der Waals surface area (Å²) in [5.74, 6) is 1.10. The van der Waals surface area contributed by atoms with E-state index in [2.05, 4.69) is 0 Å². The van der Waals surface area contributed by atoms with Crippen molar-refractivity contribution in [1.82, 2.24) is 0 Å². The molecule has 2 rings (SSSR count). The van der Waals surface area contributed by atoms with E-state index < -0.39 is 4.92 Å². The third-order valence-corrected chi connectivity index (χ3v) is 2.51. The number of anilines is 1. The average molecular weight is 311 g/mol. The molecule has 0 unspecified atom stereocenters. The van der Waals surface area contributed by atoms with Crippen LogP contribution >= 0.6 is 12.4 Å². The van der Waals surface area contributed by atoms with Gasteiger partial charge in [0.25, 0.3) is 5.69 Å². The highest BCUT2D eigenvalue weighted by Crippen LogP contribution is 2.19. The molecular weight excluding hydrogens is 296 g/mol. The van der Waals surface area contributed by atoms with Gasteiger partial charge in [0, 0.05) is 17.8 Å². The summed E-state index contributed by atoms with van der Waals surface area (Å²) in [5.41, 5.74) is 6.25. The Labute approximate surface area is 128 Å². The van der Waals surface area contributed by atoms with Gasteiger partial charge in [0.1, 0.15) is 24.7 Å². The monoisotopic (exact) mass is 310 g/mol. The molecule has 21 heavy (non-hydrogen) atoms. The van der Waals surface area contributed by atoms with Gasteiger partial charge in [-0.1, -0.05) is 12.1 Å². The molecule has 0 aliphatic heterocycles. The van der Waals surface area contributed by atoms with Crippen LogP contribution in [0.5, 0.6) is 11.5 Å². The highest BCUT2D eigenvalue weighted by Gasteiger charge is 2.06. The molecule has 0 fully saturated rings. The summed E-state index contributed by atoms with van der Waals surface area (Å²) in [7, 11) is 0. The quantitative estimate of drug-likeness (QED) is 0.383. The van der Waals surface area contributed by atoms with Gasteiger partial charge in [0.15, 0.2) is 0 Å². The van der Waals surface area contributed by atoms with Gasteiger partial charge in [-0.15, -0.1) is 12.4 Å². The molecule has 6 nitrogen and oxygen atoms in total. The first kappa shape index (κ1) is 16.6. The van der Waals surface area contributed by atoms with Crippen LogP contribution in [0.3, 0.4) is 0 Å². The first-order valence-corrected chi connectivity index (χ1v) is 6.01. The Balaban J connectivity index is 0.00000220. The van der Waals surface area contributed by atoms with Gasteiger partial charge in [0.05, 0.1) is 11.0 Å². The predicted molar refractivity (Wildman–Crippen MR) is 82.2 cm³/mol.